The molecule has 0 aliphatic carbocycles. The summed E-state index contributed by atoms with van der Waals surface area (Å²) in [6.07, 6.45) is -0.828. The first-order valence-corrected chi connectivity index (χ1v) is 10.3. The average Bonchev–Trinajstić information content (AvgIpc) is 3.19. The largest absolute Gasteiger partial charge is 0.481 e. The summed E-state index contributed by atoms with van der Waals surface area (Å²) in [5.41, 5.74) is 1.36. The van der Waals surface area contributed by atoms with Gasteiger partial charge in [0.1, 0.15) is 5.54 Å². The molecular weight excluding hydrogens is 412 g/mol. The van der Waals surface area contributed by atoms with Gasteiger partial charge in [-0.25, -0.2) is 4.90 Å². The van der Waals surface area contributed by atoms with E-state index in [4.69, 9.17) is 0 Å². The fourth-order valence-corrected chi connectivity index (χ4v) is 5.09. The lowest BCUT2D eigenvalue weighted by Crippen LogP contribution is -2.57. The highest BCUT2D eigenvalue weighted by Crippen LogP contribution is 2.51. The van der Waals surface area contributed by atoms with Crippen LogP contribution >= 0.6 is 0 Å². The molecule has 166 valence electrons. The van der Waals surface area contributed by atoms with Crippen LogP contribution in [0.2, 0.25) is 0 Å². The number of para-hydroxylation sites is 1. The number of rotatable bonds is 5. The average molecular weight is 436 g/mol. The number of benzene rings is 2. The summed E-state index contributed by atoms with van der Waals surface area (Å²) in [7, 11) is 0. The standard InChI is InChI=1S/C24H24N2O6/c1-12-8-9-13(2)15(10-12)20-18-19(24(25-20,23(31)32)11-17(27)28)22(30)26(21(18)29)16-7-5-4-6-14(16)3/h4-10,18-20,25H,11H2,1-3H3,(H,27,28)(H,31,32). The van der Waals surface area contributed by atoms with Gasteiger partial charge >= 0.3 is 11.9 Å². The molecule has 0 spiro atoms. The molecule has 0 radical (unpaired) electrons. The number of anilines is 1. The van der Waals surface area contributed by atoms with E-state index in [0.29, 0.717) is 16.8 Å². The number of carbonyl (C=O) groups excluding carboxylic acids is 2. The smallest absolute Gasteiger partial charge is 0.325 e. The van der Waals surface area contributed by atoms with E-state index in [0.717, 1.165) is 16.0 Å². The molecule has 2 fully saturated rings. The number of imide groups is 1. The predicted molar refractivity (Wildman–Crippen MR) is 115 cm³/mol. The van der Waals surface area contributed by atoms with E-state index < -0.39 is 53.6 Å². The molecule has 2 heterocycles. The molecule has 2 aliphatic rings. The molecule has 32 heavy (non-hydrogen) atoms. The number of hydrogen-bond donors (Lipinski definition) is 3. The third kappa shape index (κ3) is 3.10. The minimum atomic E-state index is -2.11. The van der Waals surface area contributed by atoms with Crippen molar-refractivity contribution in [2.75, 3.05) is 4.90 Å². The van der Waals surface area contributed by atoms with E-state index in [1.807, 2.05) is 32.0 Å². The van der Waals surface area contributed by atoms with E-state index >= 15 is 0 Å². The van der Waals surface area contributed by atoms with Gasteiger partial charge in [0, 0.05) is 6.04 Å². The molecule has 8 nitrogen and oxygen atoms in total. The second-order valence-electron chi connectivity index (χ2n) is 8.63. The van der Waals surface area contributed by atoms with Crippen LogP contribution in [-0.2, 0) is 19.2 Å². The van der Waals surface area contributed by atoms with Crippen LogP contribution in [-0.4, -0.2) is 39.5 Å². The maximum atomic E-state index is 13.7. The molecule has 2 aliphatic heterocycles. The van der Waals surface area contributed by atoms with E-state index in [1.165, 1.54) is 0 Å². The first kappa shape index (κ1) is 21.7. The van der Waals surface area contributed by atoms with Gasteiger partial charge < -0.3 is 10.2 Å². The van der Waals surface area contributed by atoms with Gasteiger partial charge in [0.05, 0.1) is 23.9 Å². The Balaban J connectivity index is 1.93. The maximum absolute atomic E-state index is 13.7. The Kier molecular flexibility index (Phi) is 5.13. The van der Waals surface area contributed by atoms with Crippen molar-refractivity contribution < 1.29 is 29.4 Å². The highest BCUT2D eigenvalue weighted by atomic mass is 16.4. The topological polar surface area (TPSA) is 124 Å². The number of aryl methyl sites for hydroxylation is 3. The Hall–Kier alpha value is -3.52. The van der Waals surface area contributed by atoms with Crippen molar-refractivity contribution in [3.8, 4) is 0 Å². The van der Waals surface area contributed by atoms with Crippen LogP contribution in [0.5, 0.6) is 0 Å². The third-order valence-electron chi connectivity index (χ3n) is 6.59. The second-order valence-corrected chi connectivity index (χ2v) is 8.63. The molecular formula is C24H24N2O6. The molecule has 2 aromatic carbocycles. The second kappa shape index (κ2) is 7.56. The number of amides is 2. The molecule has 2 amide bonds. The fraction of sp³-hybridized carbons (Fsp3) is 0.333. The van der Waals surface area contributed by atoms with Crippen molar-refractivity contribution in [2.24, 2.45) is 11.8 Å². The molecule has 0 bridgehead atoms. The molecule has 0 aromatic heterocycles. The number of fused-ring (bicyclic) bond motifs is 1. The zero-order chi connectivity index (χ0) is 23.4. The summed E-state index contributed by atoms with van der Waals surface area (Å²) >= 11 is 0. The minimum absolute atomic E-state index is 0.381. The Morgan fingerprint density at radius 3 is 2.31 bits per heavy atom. The Morgan fingerprint density at radius 1 is 1.00 bits per heavy atom. The number of nitrogens with zero attached hydrogens (tertiary/aromatic N) is 1. The SMILES string of the molecule is Cc1ccc(C)c(C2NC(CC(=O)O)(C(=O)O)C3C(=O)N(c4ccccc4C)C(=O)C23)c1. The number of carbonyl (C=O) groups is 4. The Bertz CT molecular complexity index is 1160. The van der Waals surface area contributed by atoms with Gasteiger partial charge in [-0.3, -0.25) is 24.5 Å². The summed E-state index contributed by atoms with van der Waals surface area (Å²) in [6, 6.07) is 11.6. The van der Waals surface area contributed by atoms with E-state index in [9.17, 15) is 29.4 Å². The monoisotopic (exact) mass is 436 g/mol. The van der Waals surface area contributed by atoms with Gasteiger partial charge in [0.25, 0.3) is 0 Å². The van der Waals surface area contributed by atoms with Crippen molar-refractivity contribution in [1.29, 1.82) is 0 Å². The van der Waals surface area contributed by atoms with Gasteiger partial charge in [-0.1, -0.05) is 42.0 Å². The van der Waals surface area contributed by atoms with Crippen molar-refractivity contribution in [1.82, 2.24) is 5.32 Å². The fourth-order valence-electron chi connectivity index (χ4n) is 5.09. The zero-order valence-electron chi connectivity index (χ0n) is 18.0. The van der Waals surface area contributed by atoms with Crippen LogP contribution in [0.25, 0.3) is 0 Å². The lowest BCUT2D eigenvalue weighted by Gasteiger charge is -2.30. The van der Waals surface area contributed by atoms with Crippen molar-refractivity contribution in [2.45, 2.75) is 38.8 Å². The minimum Gasteiger partial charge on any atom is -0.481 e. The molecule has 4 rings (SSSR count). The number of hydrogen-bond acceptors (Lipinski definition) is 5. The number of carboxylic acids is 2. The Morgan fingerprint density at radius 2 is 1.69 bits per heavy atom. The van der Waals surface area contributed by atoms with E-state index in [-0.39, 0.29) is 0 Å². The molecule has 8 heteroatoms. The van der Waals surface area contributed by atoms with Crippen LogP contribution in [0.15, 0.2) is 42.5 Å². The third-order valence-corrected chi connectivity index (χ3v) is 6.59. The summed E-state index contributed by atoms with van der Waals surface area (Å²) in [6.45, 7) is 5.47. The van der Waals surface area contributed by atoms with Crippen molar-refractivity contribution >= 4 is 29.4 Å². The van der Waals surface area contributed by atoms with Gasteiger partial charge in [-0.15, -0.1) is 0 Å². The molecule has 0 saturated carbocycles. The zero-order valence-corrected chi connectivity index (χ0v) is 18.0. The maximum Gasteiger partial charge on any atom is 0.325 e. The van der Waals surface area contributed by atoms with Crippen LogP contribution in [0, 0.1) is 32.6 Å². The van der Waals surface area contributed by atoms with Crippen LogP contribution in [0.4, 0.5) is 5.69 Å². The number of aliphatic carboxylic acids is 2. The summed E-state index contributed by atoms with van der Waals surface area (Å²) in [5, 5.41) is 22.6. The van der Waals surface area contributed by atoms with E-state index in [2.05, 4.69) is 5.32 Å². The molecule has 4 atom stereocenters. The molecule has 2 aromatic rings. The van der Waals surface area contributed by atoms with Gasteiger partial charge in [-0.2, -0.15) is 0 Å². The van der Waals surface area contributed by atoms with Crippen molar-refractivity contribution in [3.63, 3.8) is 0 Å². The molecule has 4 unspecified atom stereocenters. The lowest BCUT2D eigenvalue weighted by atomic mass is 9.77. The predicted octanol–water partition coefficient (Wildman–Crippen LogP) is 2.36. The Labute approximate surface area is 184 Å². The van der Waals surface area contributed by atoms with Gasteiger partial charge in [-0.05, 0) is 43.5 Å². The number of nitrogens with one attached hydrogen (secondary N) is 1. The molecule has 3 N–H and O–H groups in total. The quantitative estimate of drug-likeness (QED) is 0.615. The first-order chi connectivity index (χ1) is 15.1. The summed E-state index contributed by atoms with van der Waals surface area (Å²) < 4.78 is 0. The van der Waals surface area contributed by atoms with Gasteiger partial charge in [0.2, 0.25) is 11.8 Å². The van der Waals surface area contributed by atoms with Crippen LogP contribution in [0.3, 0.4) is 0 Å². The first-order valence-electron chi connectivity index (χ1n) is 10.3. The van der Waals surface area contributed by atoms with E-state index in [1.54, 1.807) is 31.2 Å². The van der Waals surface area contributed by atoms with Crippen LogP contribution in [0.1, 0.15) is 34.7 Å². The number of carboxylic acid groups (broad SMARTS) is 2. The highest BCUT2D eigenvalue weighted by molar-refractivity contribution is 6.24. The summed E-state index contributed by atoms with van der Waals surface area (Å²) in [5.74, 6) is -6.45. The van der Waals surface area contributed by atoms with Crippen molar-refractivity contribution in [3.05, 3.63) is 64.7 Å². The lowest BCUT2D eigenvalue weighted by molar-refractivity contribution is -0.154. The summed E-state index contributed by atoms with van der Waals surface area (Å²) in [4.78, 5) is 52.5. The van der Waals surface area contributed by atoms with Gasteiger partial charge in [0.15, 0.2) is 0 Å². The van der Waals surface area contributed by atoms with Crippen LogP contribution < -0.4 is 10.2 Å². The highest BCUT2D eigenvalue weighted by Gasteiger charge is 2.69. The normalized spacial score (nSPS) is 27.0. The molecule has 2 saturated heterocycles.